The van der Waals surface area contributed by atoms with Crippen molar-refractivity contribution < 1.29 is 18.6 Å². The van der Waals surface area contributed by atoms with Gasteiger partial charge in [-0.25, -0.2) is 0 Å². The minimum Gasteiger partial charge on any atom is -0.508 e. The second kappa shape index (κ2) is 7.88. The molecule has 0 unspecified atom stereocenters. The van der Waals surface area contributed by atoms with E-state index in [0.29, 0.717) is 10.9 Å². The lowest BCUT2D eigenvalue weighted by Crippen LogP contribution is -2.21. The smallest absolute Gasteiger partial charge is 0.277 e. The van der Waals surface area contributed by atoms with Crippen LogP contribution in [-0.2, 0) is 10.0 Å². The second-order valence-corrected chi connectivity index (χ2v) is 8.23. The fourth-order valence-corrected chi connectivity index (χ4v) is 4.22. The zero-order chi connectivity index (χ0) is 21.1. The van der Waals surface area contributed by atoms with E-state index in [9.17, 15) is 18.6 Å². The van der Waals surface area contributed by atoms with Crippen LogP contribution in [0.5, 0.6) is 11.5 Å². The van der Waals surface area contributed by atoms with Crippen LogP contribution in [0.1, 0.15) is 11.1 Å². The van der Waals surface area contributed by atoms with Crippen molar-refractivity contribution in [2.24, 2.45) is 5.10 Å². The normalized spacial score (nSPS) is 12.1. The molecule has 0 fully saturated rings. The molecular weight excluding hydrogens is 400 g/mol. The number of fused-ring (bicyclic) bond motifs is 1. The van der Waals surface area contributed by atoms with Crippen molar-refractivity contribution in [1.82, 2.24) is 4.83 Å². The number of nitrogens with zero attached hydrogens (tertiary/aromatic N) is 1. The molecule has 30 heavy (non-hydrogen) atoms. The Balaban J connectivity index is 1.81. The van der Waals surface area contributed by atoms with Gasteiger partial charge >= 0.3 is 0 Å². The number of phenolic OH excluding ortho intramolecular Hbond substituents is 2. The maximum absolute atomic E-state index is 13.0. The average Bonchev–Trinajstić information content (AvgIpc) is 2.75. The molecule has 0 aliphatic carbocycles. The summed E-state index contributed by atoms with van der Waals surface area (Å²) >= 11 is 0. The van der Waals surface area contributed by atoms with Crippen molar-refractivity contribution >= 4 is 26.5 Å². The minimum absolute atomic E-state index is 0.103. The van der Waals surface area contributed by atoms with Crippen LogP contribution in [0.25, 0.3) is 10.8 Å². The third kappa shape index (κ3) is 3.83. The summed E-state index contributed by atoms with van der Waals surface area (Å²) in [7, 11) is -3.99. The van der Waals surface area contributed by atoms with Crippen molar-refractivity contribution in [3.63, 3.8) is 0 Å². The molecule has 3 N–H and O–H groups in total. The zero-order valence-electron chi connectivity index (χ0n) is 15.7. The first-order valence-corrected chi connectivity index (χ1v) is 10.6. The topological polar surface area (TPSA) is 99.0 Å². The molecule has 0 bridgehead atoms. The Morgan fingerprint density at radius 3 is 2.27 bits per heavy atom. The molecule has 4 rings (SSSR count). The van der Waals surface area contributed by atoms with E-state index < -0.39 is 10.0 Å². The van der Waals surface area contributed by atoms with Gasteiger partial charge in [0.15, 0.2) is 0 Å². The molecule has 7 heteroatoms. The maximum Gasteiger partial charge on any atom is 0.277 e. The Morgan fingerprint density at radius 2 is 1.50 bits per heavy atom. The molecule has 0 saturated carbocycles. The van der Waals surface area contributed by atoms with E-state index in [0.717, 1.165) is 5.39 Å². The lowest BCUT2D eigenvalue weighted by Gasteiger charge is -2.12. The number of aromatic hydroxyl groups is 2. The van der Waals surface area contributed by atoms with Gasteiger partial charge < -0.3 is 10.2 Å². The van der Waals surface area contributed by atoms with Gasteiger partial charge in [0.25, 0.3) is 10.0 Å². The number of hydrogen-bond donors (Lipinski definition) is 3. The van der Waals surface area contributed by atoms with Crippen molar-refractivity contribution in [2.45, 2.75) is 4.90 Å². The Kier molecular flexibility index (Phi) is 5.12. The van der Waals surface area contributed by atoms with E-state index in [1.807, 2.05) is 24.3 Å². The van der Waals surface area contributed by atoms with Crippen LogP contribution in [0, 0.1) is 0 Å². The molecule has 0 aliphatic heterocycles. The largest absolute Gasteiger partial charge is 0.508 e. The highest BCUT2D eigenvalue weighted by Crippen LogP contribution is 2.26. The summed E-state index contributed by atoms with van der Waals surface area (Å²) in [6.07, 6.45) is 0. The molecule has 0 radical (unpaired) electrons. The highest BCUT2D eigenvalue weighted by molar-refractivity contribution is 7.89. The third-order valence-corrected chi connectivity index (χ3v) is 5.87. The number of rotatable bonds is 5. The third-order valence-electron chi connectivity index (χ3n) is 4.60. The fourth-order valence-electron chi connectivity index (χ4n) is 3.18. The van der Waals surface area contributed by atoms with Crippen LogP contribution in [0.15, 0.2) is 101 Å². The molecular formula is C23H18N2O4S. The van der Waals surface area contributed by atoms with E-state index in [4.69, 9.17) is 0 Å². The van der Waals surface area contributed by atoms with Crippen molar-refractivity contribution in [1.29, 1.82) is 0 Å². The van der Waals surface area contributed by atoms with E-state index in [1.54, 1.807) is 42.5 Å². The monoisotopic (exact) mass is 418 g/mol. The summed E-state index contributed by atoms with van der Waals surface area (Å²) in [5.41, 5.74) is 1.09. The molecule has 0 spiro atoms. The van der Waals surface area contributed by atoms with E-state index in [2.05, 4.69) is 9.93 Å². The van der Waals surface area contributed by atoms with Crippen LogP contribution in [-0.4, -0.2) is 24.3 Å². The van der Waals surface area contributed by atoms with E-state index in [-0.39, 0.29) is 27.7 Å². The van der Waals surface area contributed by atoms with E-state index >= 15 is 0 Å². The summed E-state index contributed by atoms with van der Waals surface area (Å²) < 4.78 is 26.1. The predicted molar refractivity (Wildman–Crippen MR) is 116 cm³/mol. The molecule has 0 amide bonds. The first-order valence-electron chi connectivity index (χ1n) is 9.11. The van der Waals surface area contributed by atoms with Gasteiger partial charge in [0.05, 0.1) is 4.90 Å². The minimum atomic E-state index is -3.99. The van der Waals surface area contributed by atoms with Crippen molar-refractivity contribution in [3.8, 4) is 11.5 Å². The number of benzene rings is 4. The van der Waals surface area contributed by atoms with E-state index in [1.165, 1.54) is 24.3 Å². The first kappa shape index (κ1) is 19.5. The molecule has 0 heterocycles. The Labute approximate surface area is 173 Å². The van der Waals surface area contributed by atoms with Gasteiger partial charge in [-0.3, -0.25) is 0 Å². The van der Waals surface area contributed by atoms with Crippen LogP contribution in [0.3, 0.4) is 0 Å². The SMILES string of the molecule is O=S(=O)(N/N=C(/c1ccccc1)c1ccc(O)cc1O)c1cccc2ccccc12. The lowest BCUT2D eigenvalue weighted by molar-refractivity contribution is 0.450. The molecule has 0 saturated heterocycles. The summed E-state index contributed by atoms with van der Waals surface area (Å²) in [5, 5.41) is 25.4. The number of hydrogen-bond acceptors (Lipinski definition) is 5. The van der Waals surface area contributed by atoms with Gasteiger partial charge in [0.1, 0.15) is 17.2 Å². The van der Waals surface area contributed by atoms with Gasteiger partial charge in [-0.2, -0.15) is 18.4 Å². The number of nitrogens with one attached hydrogen (secondary N) is 1. The summed E-state index contributed by atoms with van der Waals surface area (Å²) in [6.45, 7) is 0. The average molecular weight is 418 g/mol. The molecule has 150 valence electrons. The molecule has 0 aromatic heterocycles. The predicted octanol–water partition coefficient (Wildman–Crippen LogP) is 3.98. The number of phenols is 2. The van der Waals surface area contributed by atoms with Crippen LogP contribution >= 0.6 is 0 Å². The Bertz CT molecular complexity index is 1350. The molecule has 0 aliphatic rings. The summed E-state index contributed by atoms with van der Waals surface area (Å²) in [4.78, 5) is 2.40. The second-order valence-electron chi connectivity index (χ2n) is 6.60. The number of hydrazone groups is 1. The fraction of sp³-hybridized carbons (Fsp3) is 0. The molecule has 4 aromatic rings. The maximum atomic E-state index is 13.0. The van der Waals surface area contributed by atoms with Crippen LogP contribution in [0.4, 0.5) is 0 Å². The van der Waals surface area contributed by atoms with Gasteiger partial charge in [-0.1, -0.05) is 66.7 Å². The molecule has 6 nitrogen and oxygen atoms in total. The Morgan fingerprint density at radius 1 is 0.800 bits per heavy atom. The summed E-state index contributed by atoms with van der Waals surface area (Å²) in [6, 6.07) is 25.1. The highest BCUT2D eigenvalue weighted by Gasteiger charge is 2.18. The lowest BCUT2D eigenvalue weighted by atomic mass is 10.0. The molecule has 4 aromatic carbocycles. The summed E-state index contributed by atoms with van der Waals surface area (Å²) in [5.74, 6) is -0.332. The zero-order valence-corrected chi connectivity index (χ0v) is 16.5. The van der Waals surface area contributed by atoms with Crippen LogP contribution < -0.4 is 4.83 Å². The van der Waals surface area contributed by atoms with Gasteiger partial charge in [-0.05, 0) is 23.6 Å². The van der Waals surface area contributed by atoms with Gasteiger partial charge in [0.2, 0.25) is 0 Å². The Hall–Kier alpha value is -3.84. The standard InChI is InChI=1S/C23H18N2O4S/c26-18-13-14-20(21(27)15-18)23(17-8-2-1-3-9-17)24-25-30(28,29)22-12-6-10-16-7-4-5-11-19(16)22/h1-15,25-27H/b24-23-. The van der Waals surface area contributed by atoms with Gasteiger partial charge in [0, 0.05) is 22.6 Å². The van der Waals surface area contributed by atoms with Crippen LogP contribution in [0.2, 0.25) is 0 Å². The van der Waals surface area contributed by atoms with Gasteiger partial charge in [-0.15, -0.1) is 0 Å². The van der Waals surface area contributed by atoms with Crippen molar-refractivity contribution in [3.05, 3.63) is 102 Å². The number of sulfonamides is 1. The van der Waals surface area contributed by atoms with Crippen molar-refractivity contribution in [2.75, 3.05) is 0 Å². The first-order chi connectivity index (χ1) is 14.5. The quantitative estimate of drug-likeness (QED) is 0.337. The highest BCUT2D eigenvalue weighted by atomic mass is 32.2. The molecule has 0 atom stereocenters.